The molecule has 0 saturated carbocycles. The summed E-state index contributed by atoms with van der Waals surface area (Å²) in [5.41, 5.74) is 0.927. The normalized spacial score (nSPS) is 14.0. The van der Waals surface area contributed by atoms with Crippen molar-refractivity contribution in [2.45, 2.75) is 0 Å². The zero-order chi connectivity index (χ0) is 14.3. The number of urea groups is 1. The summed E-state index contributed by atoms with van der Waals surface area (Å²) in [5.74, 6) is -0.178. The van der Waals surface area contributed by atoms with Crippen LogP contribution in [0.3, 0.4) is 0 Å². The molecule has 3 rings (SSSR count). The molecule has 1 aliphatic rings. The van der Waals surface area contributed by atoms with Crippen molar-refractivity contribution >= 4 is 34.7 Å². The van der Waals surface area contributed by atoms with Crippen LogP contribution in [0.1, 0.15) is 0 Å². The first-order valence-corrected chi connectivity index (χ1v) is 6.13. The Kier molecular flexibility index (Phi) is 2.89. The molecular weight excluding hydrogens is 282 g/mol. The summed E-state index contributed by atoms with van der Waals surface area (Å²) in [5, 5.41) is 24.6. The van der Waals surface area contributed by atoms with Gasteiger partial charge in [0.1, 0.15) is 17.1 Å². The Morgan fingerprint density at radius 2 is 1.85 bits per heavy atom. The maximum absolute atomic E-state index is 12.1. The van der Waals surface area contributed by atoms with E-state index in [2.05, 4.69) is 5.32 Å². The van der Waals surface area contributed by atoms with Crippen molar-refractivity contribution in [3.8, 4) is 5.75 Å². The predicted octanol–water partition coefficient (Wildman–Crippen LogP) is 3.21. The van der Waals surface area contributed by atoms with Gasteiger partial charge < -0.3 is 10.4 Å². The van der Waals surface area contributed by atoms with Crippen molar-refractivity contribution in [3.05, 3.63) is 47.5 Å². The number of carbonyl (C=O) groups excluding carboxylic acids is 1. The number of nitrogens with zero attached hydrogens (tertiary/aromatic N) is 2. The number of hydrazine groups is 1. The second-order valence-corrected chi connectivity index (χ2v) is 4.62. The van der Waals surface area contributed by atoms with Crippen molar-refractivity contribution in [1.82, 2.24) is 0 Å². The quantitative estimate of drug-likeness (QED) is 0.754. The number of benzene rings is 2. The van der Waals surface area contributed by atoms with Crippen LogP contribution in [0.15, 0.2) is 42.5 Å². The van der Waals surface area contributed by atoms with Crippen molar-refractivity contribution in [1.29, 1.82) is 0 Å². The Morgan fingerprint density at radius 1 is 1.10 bits per heavy atom. The topological polar surface area (TPSA) is 76.0 Å². The Balaban J connectivity index is 2.11. The van der Waals surface area contributed by atoms with Crippen LogP contribution in [0, 0.1) is 0 Å². The minimum Gasteiger partial charge on any atom is -0.506 e. The monoisotopic (exact) mass is 291 g/mol. The summed E-state index contributed by atoms with van der Waals surface area (Å²) in [6.07, 6.45) is 0. The Hall–Kier alpha value is -2.44. The standard InChI is InChI=1S/C13H10ClN3O3/c14-8-5-6-12(18)11(7-8)16-13(19)15-9-3-1-2-4-10(9)17(16)20/h1-7,18,20H,(H,15,19). The van der Waals surface area contributed by atoms with Gasteiger partial charge in [0, 0.05) is 5.02 Å². The number of anilines is 3. The van der Waals surface area contributed by atoms with Crippen LogP contribution < -0.4 is 15.5 Å². The predicted molar refractivity (Wildman–Crippen MR) is 75.3 cm³/mol. The molecule has 0 unspecified atom stereocenters. The van der Waals surface area contributed by atoms with E-state index in [1.54, 1.807) is 24.3 Å². The lowest BCUT2D eigenvalue weighted by molar-refractivity contribution is 0.220. The number of hydrogen-bond donors (Lipinski definition) is 3. The highest BCUT2D eigenvalue weighted by Gasteiger charge is 2.32. The fourth-order valence-electron chi connectivity index (χ4n) is 1.99. The van der Waals surface area contributed by atoms with E-state index in [9.17, 15) is 15.1 Å². The van der Waals surface area contributed by atoms with Crippen LogP contribution in [0.2, 0.25) is 5.02 Å². The first-order valence-electron chi connectivity index (χ1n) is 5.75. The number of phenols is 1. The molecule has 0 spiro atoms. The second-order valence-electron chi connectivity index (χ2n) is 4.18. The molecule has 0 aromatic heterocycles. The lowest BCUT2D eigenvalue weighted by Gasteiger charge is -2.36. The Bertz CT molecular complexity index is 692. The number of para-hydroxylation sites is 2. The number of hydrogen-bond acceptors (Lipinski definition) is 4. The van der Waals surface area contributed by atoms with Crippen LogP contribution in [-0.2, 0) is 0 Å². The highest BCUT2D eigenvalue weighted by Crippen LogP contribution is 2.37. The molecule has 0 saturated heterocycles. The summed E-state index contributed by atoms with van der Waals surface area (Å²) in [6.45, 7) is 0. The van der Waals surface area contributed by atoms with E-state index in [0.29, 0.717) is 21.6 Å². The van der Waals surface area contributed by atoms with Crippen molar-refractivity contribution in [2.24, 2.45) is 0 Å². The average molecular weight is 292 g/mol. The third-order valence-electron chi connectivity index (χ3n) is 2.91. The first kappa shape index (κ1) is 12.6. The number of halogens is 1. The number of aromatic hydroxyl groups is 1. The summed E-state index contributed by atoms with van der Waals surface area (Å²) in [6, 6.07) is 10.3. The van der Waals surface area contributed by atoms with Gasteiger partial charge >= 0.3 is 6.03 Å². The fraction of sp³-hybridized carbons (Fsp3) is 0. The van der Waals surface area contributed by atoms with Gasteiger partial charge in [-0.05, 0) is 30.3 Å². The fourth-order valence-corrected chi connectivity index (χ4v) is 2.16. The largest absolute Gasteiger partial charge is 0.506 e. The van der Waals surface area contributed by atoms with Crippen molar-refractivity contribution in [3.63, 3.8) is 0 Å². The number of phenolic OH excluding ortho intramolecular Hbond substituents is 1. The van der Waals surface area contributed by atoms with E-state index in [0.717, 1.165) is 5.01 Å². The maximum atomic E-state index is 12.1. The zero-order valence-corrected chi connectivity index (χ0v) is 10.9. The molecule has 1 heterocycles. The van der Waals surface area contributed by atoms with Gasteiger partial charge in [-0.15, -0.1) is 0 Å². The maximum Gasteiger partial charge on any atom is 0.347 e. The van der Waals surface area contributed by atoms with Crippen molar-refractivity contribution in [2.75, 3.05) is 15.5 Å². The molecule has 0 radical (unpaired) electrons. The summed E-state index contributed by atoms with van der Waals surface area (Å²) in [4.78, 5) is 12.1. The Labute approximate surface area is 119 Å². The third-order valence-corrected chi connectivity index (χ3v) is 3.14. The number of fused-ring (bicyclic) bond motifs is 1. The van der Waals surface area contributed by atoms with Gasteiger partial charge in [-0.3, -0.25) is 5.21 Å². The molecule has 0 fully saturated rings. The minimum absolute atomic E-state index is 0.0759. The molecule has 3 N–H and O–H groups in total. The third kappa shape index (κ3) is 1.91. The summed E-state index contributed by atoms with van der Waals surface area (Å²) < 4.78 is 0. The summed E-state index contributed by atoms with van der Waals surface area (Å²) in [7, 11) is 0. The molecule has 0 bridgehead atoms. The average Bonchev–Trinajstić information content (AvgIpc) is 2.42. The van der Waals surface area contributed by atoms with Crippen LogP contribution in [0.25, 0.3) is 0 Å². The van der Waals surface area contributed by atoms with Gasteiger partial charge in [0.05, 0.1) is 5.69 Å². The molecule has 6 nitrogen and oxygen atoms in total. The number of amides is 2. The van der Waals surface area contributed by atoms with E-state index >= 15 is 0 Å². The Morgan fingerprint density at radius 3 is 2.65 bits per heavy atom. The van der Waals surface area contributed by atoms with E-state index in [1.165, 1.54) is 18.2 Å². The van der Waals surface area contributed by atoms with E-state index in [-0.39, 0.29) is 11.4 Å². The smallest absolute Gasteiger partial charge is 0.347 e. The van der Waals surface area contributed by atoms with Gasteiger partial charge in [0.15, 0.2) is 0 Å². The van der Waals surface area contributed by atoms with Crippen molar-refractivity contribution < 1.29 is 15.1 Å². The van der Waals surface area contributed by atoms with E-state index in [4.69, 9.17) is 11.6 Å². The van der Waals surface area contributed by atoms with Gasteiger partial charge in [-0.2, -0.15) is 10.2 Å². The van der Waals surface area contributed by atoms with Crippen LogP contribution in [0.5, 0.6) is 5.75 Å². The lowest BCUT2D eigenvalue weighted by atomic mass is 10.2. The molecule has 2 aromatic rings. The first-order chi connectivity index (χ1) is 9.58. The highest BCUT2D eigenvalue weighted by atomic mass is 35.5. The van der Waals surface area contributed by atoms with Crippen LogP contribution >= 0.6 is 11.6 Å². The lowest BCUT2D eigenvalue weighted by Crippen LogP contribution is -2.51. The number of carbonyl (C=O) groups is 1. The molecule has 102 valence electrons. The van der Waals surface area contributed by atoms with Gasteiger partial charge in [-0.25, -0.2) is 4.79 Å². The highest BCUT2D eigenvalue weighted by molar-refractivity contribution is 6.31. The van der Waals surface area contributed by atoms with Gasteiger partial charge in [0.2, 0.25) is 0 Å². The molecule has 2 amide bonds. The van der Waals surface area contributed by atoms with E-state index < -0.39 is 6.03 Å². The summed E-state index contributed by atoms with van der Waals surface area (Å²) >= 11 is 5.86. The molecule has 7 heteroatoms. The molecular formula is C13H10ClN3O3. The van der Waals surface area contributed by atoms with Crippen LogP contribution in [0.4, 0.5) is 21.9 Å². The second kappa shape index (κ2) is 4.59. The molecule has 0 atom stereocenters. The van der Waals surface area contributed by atoms with Gasteiger partial charge in [0.25, 0.3) is 0 Å². The molecule has 20 heavy (non-hydrogen) atoms. The number of rotatable bonds is 1. The SMILES string of the molecule is O=C1Nc2ccccc2N(O)N1c1cc(Cl)ccc1O. The molecule has 1 aliphatic heterocycles. The van der Waals surface area contributed by atoms with E-state index in [1.807, 2.05) is 0 Å². The van der Waals surface area contributed by atoms with Crippen LogP contribution in [-0.4, -0.2) is 16.3 Å². The minimum atomic E-state index is -0.608. The molecule has 0 aliphatic carbocycles. The van der Waals surface area contributed by atoms with Gasteiger partial charge in [-0.1, -0.05) is 23.7 Å². The number of nitrogens with one attached hydrogen (secondary N) is 1. The zero-order valence-electron chi connectivity index (χ0n) is 10.1. The molecule has 2 aromatic carbocycles.